The molecule has 2 aromatic rings. The molecule has 0 spiro atoms. The van der Waals surface area contributed by atoms with E-state index < -0.39 is 6.10 Å². The number of anilines is 1. The molecule has 0 radical (unpaired) electrons. The number of nitrogens with zero attached hydrogens (tertiary/aromatic N) is 1. The molecule has 3 rings (SSSR count). The molecule has 1 heterocycles. The summed E-state index contributed by atoms with van der Waals surface area (Å²) in [4.78, 5) is 26.5. The van der Waals surface area contributed by atoms with Crippen LogP contribution >= 0.6 is 0 Å². The molecule has 130 valence electrons. The number of fused-ring (bicyclic) bond motifs is 1. The van der Waals surface area contributed by atoms with Crippen LogP contribution in [0.2, 0.25) is 0 Å². The summed E-state index contributed by atoms with van der Waals surface area (Å²) in [7, 11) is 0. The van der Waals surface area contributed by atoms with Gasteiger partial charge in [0.05, 0.1) is 11.7 Å². The molecule has 0 fully saturated rings. The first-order valence-corrected chi connectivity index (χ1v) is 8.39. The Labute approximate surface area is 147 Å². The monoisotopic (exact) mass is 338 g/mol. The number of nitrogens with one attached hydrogen (secondary N) is 1. The lowest BCUT2D eigenvalue weighted by molar-refractivity contribution is -0.128. The molecule has 1 aliphatic heterocycles. The zero-order chi connectivity index (χ0) is 18.0. The van der Waals surface area contributed by atoms with E-state index in [0.29, 0.717) is 11.4 Å². The number of para-hydroxylation sites is 2. The topological polar surface area (TPSA) is 58.6 Å². The molecular weight excluding hydrogens is 316 g/mol. The Morgan fingerprint density at radius 3 is 2.64 bits per heavy atom. The number of carbonyl (C=O) groups is 2. The molecule has 5 heteroatoms. The van der Waals surface area contributed by atoms with E-state index in [2.05, 4.69) is 5.32 Å². The summed E-state index contributed by atoms with van der Waals surface area (Å²) in [5.41, 5.74) is 2.82. The highest BCUT2D eigenvalue weighted by Crippen LogP contribution is 2.33. The molecule has 1 N–H and O–H groups in total. The van der Waals surface area contributed by atoms with E-state index in [1.807, 2.05) is 50.2 Å². The molecule has 0 aromatic heterocycles. The first-order chi connectivity index (χ1) is 12.0. The van der Waals surface area contributed by atoms with Crippen LogP contribution in [0.15, 0.2) is 48.5 Å². The quantitative estimate of drug-likeness (QED) is 0.932. The molecule has 1 aliphatic rings. The highest BCUT2D eigenvalue weighted by atomic mass is 16.5. The van der Waals surface area contributed by atoms with E-state index in [0.717, 1.165) is 11.1 Å². The van der Waals surface area contributed by atoms with Crippen molar-refractivity contribution in [3.8, 4) is 5.75 Å². The van der Waals surface area contributed by atoms with E-state index in [1.54, 1.807) is 19.1 Å². The van der Waals surface area contributed by atoms with Gasteiger partial charge in [0.2, 0.25) is 5.91 Å². The maximum Gasteiger partial charge on any atom is 0.268 e. The number of hydrogen-bond donors (Lipinski definition) is 1. The highest BCUT2D eigenvalue weighted by Gasteiger charge is 2.32. The summed E-state index contributed by atoms with van der Waals surface area (Å²) in [6.07, 6.45) is -0.600. The van der Waals surface area contributed by atoms with Crippen molar-refractivity contribution in [3.63, 3.8) is 0 Å². The average Bonchev–Trinajstić information content (AvgIpc) is 2.59. The fraction of sp³-hybridized carbons (Fsp3) is 0.300. The van der Waals surface area contributed by atoms with Crippen molar-refractivity contribution < 1.29 is 14.3 Å². The van der Waals surface area contributed by atoms with Crippen molar-refractivity contribution >= 4 is 17.5 Å². The minimum atomic E-state index is -0.600. The standard InChI is InChI=1S/C20H22N2O3/c1-13-8-4-5-9-16(13)14(2)21-19(23)12-22-17-10-6-7-11-18(17)25-15(3)20(22)24/h4-11,14-15H,12H2,1-3H3,(H,21,23). The minimum absolute atomic E-state index is 0.0280. The summed E-state index contributed by atoms with van der Waals surface area (Å²) >= 11 is 0. The van der Waals surface area contributed by atoms with Crippen LogP contribution in [-0.4, -0.2) is 24.5 Å². The van der Waals surface area contributed by atoms with Gasteiger partial charge < -0.3 is 10.1 Å². The Kier molecular flexibility index (Phi) is 4.74. The van der Waals surface area contributed by atoms with Crippen molar-refractivity contribution in [2.24, 2.45) is 0 Å². The second kappa shape index (κ2) is 6.97. The van der Waals surface area contributed by atoms with Gasteiger partial charge in [0.25, 0.3) is 5.91 Å². The van der Waals surface area contributed by atoms with Crippen LogP contribution in [0.1, 0.15) is 31.0 Å². The molecule has 2 amide bonds. The number of hydrogen-bond acceptors (Lipinski definition) is 3. The number of benzene rings is 2. The van der Waals surface area contributed by atoms with Gasteiger partial charge >= 0.3 is 0 Å². The van der Waals surface area contributed by atoms with Crippen LogP contribution < -0.4 is 15.0 Å². The van der Waals surface area contributed by atoms with Crippen molar-refractivity contribution in [2.45, 2.75) is 32.9 Å². The average molecular weight is 338 g/mol. The van der Waals surface area contributed by atoms with Gasteiger partial charge in [-0.25, -0.2) is 0 Å². The van der Waals surface area contributed by atoms with Gasteiger partial charge in [0.15, 0.2) is 6.10 Å². The number of carbonyl (C=O) groups excluding carboxylic acids is 2. The molecule has 5 nitrogen and oxygen atoms in total. The predicted molar refractivity (Wildman–Crippen MR) is 96.6 cm³/mol. The summed E-state index contributed by atoms with van der Waals surface area (Å²) in [5.74, 6) is 0.208. The Morgan fingerprint density at radius 2 is 1.88 bits per heavy atom. The summed E-state index contributed by atoms with van der Waals surface area (Å²) in [6.45, 7) is 5.62. The molecule has 2 atom stereocenters. The summed E-state index contributed by atoms with van der Waals surface area (Å²) < 4.78 is 5.60. The first-order valence-electron chi connectivity index (χ1n) is 8.39. The van der Waals surface area contributed by atoms with Crippen LogP contribution in [0.3, 0.4) is 0 Å². The van der Waals surface area contributed by atoms with Gasteiger partial charge in [0, 0.05) is 0 Å². The molecule has 2 aromatic carbocycles. The zero-order valence-electron chi connectivity index (χ0n) is 14.7. The fourth-order valence-electron chi connectivity index (χ4n) is 3.10. The molecule has 0 saturated heterocycles. The van der Waals surface area contributed by atoms with Gasteiger partial charge in [-0.2, -0.15) is 0 Å². The highest BCUT2D eigenvalue weighted by molar-refractivity contribution is 6.03. The van der Waals surface area contributed by atoms with E-state index >= 15 is 0 Å². The Hall–Kier alpha value is -2.82. The van der Waals surface area contributed by atoms with Gasteiger partial charge in [0.1, 0.15) is 12.3 Å². The third-order valence-electron chi connectivity index (χ3n) is 4.41. The number of ether oxygens (including phenoxy) is 1. The number of aryl methyl sites for hydroxylation is 1. The van der Waals surface area contributed by atoms with Gasteiger partial charge in [-0.15, -0.1) is 0 Å². The van der Waals surface area contributed by atoms with Crippen LogP contribution in [0.4, 0.5) is 5.69 Å². The van der Waals surface area contributed by atoms with Crippen molar-refractivity contribution in [2.75, 3.05) is 11.4 Å². The lowest BCUT2D eigenvalue weighted by atomic mass is 10.0. The third-order valence-corrected chi connectivity index (χ3v) is 4.41. The molecule has 0 saturated carbocycles. The molecular formula is C20H22N2O3. The van der Waals surface area contributed by atoms with Gasteiger partial charge in [-0.1, -0.05) is 36.4 Å². The molecule has 0 aliphatic carbocycles. The smallest absolute Gasteiger partial charge is 0.268 e. The third kappa shape index (κ3) is 3.50. The number of amides is 2. The lowest BCUT2D eigenvalue weighted by Gasteiger charge is -2.32. The Morgan fingerprint density at radius 1 is 1.20 bits per heavy atom. The van der Waals surface area contributed by atoms with Crippen molar-refractivity contribution in [1.82, 2.24) is 5.32 Å². The maximum atomic E-state index is 12.5. The normalized spacial score (nSPS) is 17.5. The summed E-state index contributed by atoms with van der Waals surface area (Å²) in [6, 6.07) is 15.1. The molecule has 0 bridgehead atoms. The van der Waals surface area contributed by atoms with Crippen LogP contribution in [0.25, 0.3) is 0 Å². The van der Waals surface area contributed by atoms with Crippen LogP contribution in [0, 0.1) is 6.92 Å². The van der Waals surface area contributed by atoms with Crippen LogP contribution in [-0.2, 0) is 9.59 Å². The summed E-state index contributed by atoms with van der Waals surface area (Å²) in [5, 5.41) is 2.98. The largest absolute Gasteiger partial charge is 0.479 e. The second-order valence-electron chi connectivity index (χ2n) is 6.30. The Bertz CT molecular complexity index is 803. The predicted octanol–water partition coefficient (Wildman–Crippen LogP) is 2.99. The SMILES string of the molecule is Cc1ccccc1C(C)NC(=O)CN1C(=O)C(C)Oc2ccccc21. The molecule has 2 unspecified atom stereocenters. The minimum Gasteiger partial charge on any atom is -0.479 e. The van der Waals surface area contributed by atoms with E-state index in [-0.39, 0.29) is 24.4 Å². The van der Waals surface area contributed by atoms with E-state index in [4.69, 9.17) is 4.74 Å². The van der Waals surface area contributed by atoms with E-state index in [1.165, 1.54) is 4.90 Å². The second-order valence-corrected chi connectivity index (χ2v) is 6.30. The van der Waals surface area contributed by atoms with Crippen molar-refractivity contribution in [1.29, 1.82) is 0 Å². The van der Waals surface area contributed by atoms with Crippen LogP contribution in [0.5, 0.6) is 5.75 Å². The van der Waals surface area contributed by atoms with Gasteiger partial charge in [-0.3, -0.25) is 14.5 Å². The zero-order valence-corrected chi connectivity index (χ0v) is 14.7. The van der Waals surface area contributed by atoms with E-state index in [9.17, 15) is 9.59 Å². The number of rotatable bonds is 4. The first kappa shape index (κ1) is 17.0. The fourth-order valence-corrected chi connectivity index (χ4v) is 3.10. The van der Waals surface area contributed by atoms with Crippen molar-refractivity contribution in [3.05, 3.63) is 59.7 Å². The maximum absolute atomic E-state index is 12.5. The molecule has 25 heavy (non-hydrogen) atoms. The van der Waals surface area contributed by atoms with Gasteiger partial charge in [-0.05, 0) is 44.0 Å². The Balaban J connectivity index is 1.74. The lowest BCUT2D eigenvalue weighted by Crippen LogP contribution is -2.49.